The molecule has 0 radical (unpaired) electrons. The highest BCUT2D eigenvalue weighted by molar-refractivity contribution is 7.99. The summed E-state index contributed by atoms with van der Waals surface area (Å²) in [5.74, 6) is -4.89. The van der Waals surface area contributed by atoms with Crippen LogP contribution in [0.25, 0.3) is 0 Å². The Balaban J connectivity index is 3.28. The molecule has 0 rings (SSSR count). The van der Waals surface area contributed by atoms with Crippen LogP contribution in [0.15, 0.2) is 0 Å². The van der Waals surface area contributed by atoms with Crippen LogP contribution in [-0.4, -0.2) is 54.1 Å². The van der Waals surface area contributed by atoms with Gasteiger partial charge in [0.15, 0.2) is 0 Å². The van der Waals surface area contributed by atoms with E-state index in [0.29, 0.717) is 0 Å². The van der Waals surface area contributed by atoms with Gasteiger partial charge in [0, 0.05) is 24.3 Å². The van der Waals surface area contributed by atoms with Crippen LogP contribution in [0.3, 0.4) is 0 Å². The van der Waals surface area contributed by atoms with Gasteiger partial charge in [-0.1, -0.05) is 0 Å². The Labute approximate surface area is 79.5 Å². The maximum atomic E-state index is 8.43. The fourth-order valence-corrected chi connectivity index (χ4v) is 1.56. The fourth-order valence-electron chi connectivity index (χ4n) is 0.520. The first-order chi connectivity index (χ1) is 5.71. The van der Waals surface area contributed by atoms with Gasteiger partial charge in [0.25, 0.3) is 11.9 Å². The highest BCUT2D eigenvalue weighted by Crippen LogP contribution is 2.12. The second-order valence-electron chi connectivity index (χ2n) is 2.66. The van der Waals surface area contributed by atoms with Gasteiger partial charge in [-0.3, -0.25) is 0 Å². The largest absolute Gasteiger partial charge is 0.344 e. The first-order valence-corrected chi connectivity index (χ1v) is 4.78. The topological polar surface area (TPSA) is 121 Å². The SMILES string of the molecule is OC(O)(O)CCSCCC(O)(O)O. The third kappa shape index (κ3) is 12.1. The summed E-state index contributed by atoms with van der Waals surface area (Å²) in [5.41, 5.74) is 0. The molecule has 6 N–H and O–H groups in total. The summed E-state index contributed by atoms with van der Waals surface area (Å²) in [4.78, 5) is 0. The van der Waals surface area contributed by atoms with Crippen molar-refractivity contribution in [2.45, 2.75) is 24.8 Å². The minimum Gasteiger partial charge on any atom is -0.344 e. The molecule has 0 aromatic rings. The van der Waals surface area contributed by atoms with Crippen LogP contribution >= 0.6 is 11.8 Å². The molecule has 0 aliphatic rings. The minimum atomic E-state index is -2.68. The molecule has 0 aliphatic heterocycles. The molecular formula is C6H14O6S. The molecule has 0 aliphatic carbocycles. The lowest BCUT2D eigenvalue weighted by Crippen LogP contribution is -2.29. The van der Waals surface area contributed by atoms with Crippen molar-refractivity contribution in [3.05, 3.63) is 0 Å². The van der Waals surface area contributed by atoms with Crippen molar-refractivity contribution in [2.75, 3.05) is 11.5 Å². The number of thioether (sulfide) groups is 1. The van der Waals surface area contributed by atoms with Gasteiger partial charge in [-0.25, -0.2) is 0 Å². The van der Waals surface area contributed by atoms with Gasteiger partial charge >= 0.3 is 0 Å². The molecule has 0 saturated carbocycles. The maximum Gasteiger partial charge on any atom is 0.276 e. The average molecular weight is 214 g/mol. The highest BCUT2D eigenvalue weighted by Gasteiger charge is 2.19. The molecule has 0 aromatic carbocycles. The van der Waals surface area contributed by atoms with Gasteiger partial charge < -0.3 is 30.6 Å². The van der Waals surface area contributed by atoms with Crippen LogP contribution in [-0.2, 0) is 0 Å². The van der Waals surface area contributed by atoms with Crippen molar-refractivity contribution in [1.29, 1.82) is 0 Å². The molecule has 0 heterocycles. The maximum absolute atomic E-state index is 8.43. The van der Waals surface area contributed by atoms with Crippen molar-refractivity contribution >= 4 is 11.8 Å². The Morgan fingerprint density at radius 3 is 1.23 bits per heavy atom. The van der Waals surface area contributed by atoms with Crippen molar-refractivity contribution in [3.63, 3.8) is 0 Å². The van der Waals surface area contributed by atoms with Gasteiger partial charge in [0.1, 0.15) is 0 Å². The van der Waals surface area contributed by atoms with Crippen LogP contribution in [0, 0.1) is 0 Å². The summed E-state index contributed by atoms with van der Waals surface area (Å²) in [5, 5.41) is 50.6. The molecule has 6 nitrogen and oxygen atoms in total. The van der Waals surface area contributed by atoms with Gasteiger partial charge in [-0.05, 0) is 0 Å². The number of hydrogen-bond donors (Lipinski definition) is 6. The standard InChI is InChI=1S/C6H14O6S/c7-5(8,9)1-3-13-4-2-6(10,11)12/h7-12H,1-4H2. The zero-order valence-electron chi connectivity index (χ0n) is 6.92. The smallest absolute Gasteiger partial charge is 0.276 e. The molecule has 7 heteroatoms. The number of hydrogen-bond acceptors (Lipinski definition) is 7. The molecular weight excluding hydrogens is 200 g/mol. The molecule has 0 atom stereocenters. The Hall–Kier alpha value is 0.110. The van der Waals surface area contributed by atoms with E-state index in [2.05, 4.69) is 0 Å². The van der Waals surface area contributed by atoms with Gasteiger partial charge in [0.05, 0.1) is 0 Å². The minimum absolute atomic E-state index is 0.236. The molecule has 0 bridgehead atoms. The Kier molecular flexibility index (Phi) is 5.15. The lowest BCUT2D eigenvalue weighted by Gasteiger charge is -2.15. The normalized spacial score (nSPS) is 13.4. The van der Waals surface area contributed by atoms with E-state index in [9.17, 15) is 0 Å². The molecule has 0 aromatic heterocycles. The van der Waals surface area contributed by atoms with Crippen LogP contribution in [0.1, 0.15) is 12.8 Å². The fraction of sp³-hybridized carbons (Fsp3) is 1.00. The van der Waals surface area contributed by atoms with E-state index in [4.69, 9.17) is 30.6 Å². The second kappa shape index (κ2) is 5.11. The number of aliphatic hydroxyl groups is 6. The first-order valence-electron chi connectivity index (χ1n) is 3.63. The van der Waals surface area contributed by atoms with E-state index in [0.717, 1.165) is 11.8 Å². The van der Waals surface area contributed by atoms with Crippen molar-refractivity contribution in [1.82, 2.24) is 0 Å². The van der Waals surface area contributed by atoms with E-state index < -0.39 is 11.9 Å². The van der Waals surface area contributed by atoms with Gasteiger partial charge in [-0.2, -0.15) is 11.8 Å². The van der Waals surface area contributed by atoms with Crippen LogP contribution in [0.2, 0.25) is 0 Å². The molecule has 0 unspecified atom stereocenters. The molecule has 0 saturated heterocycles. The third-order valence-corrected chi connectivity index (χ3v) is 2.15. The quantitative estimate of drug-likeness (QED) is 0.218. The third-order valence-electron chi connectivity index (χ3n) is 1.16. The molecule has 0 amide bonds. The van der Waals surface area contributed by atoms with E-state index in [1.165, 1.54) is 0 Å². The molecule has 0 fully saturated rings. The zero-order valence-corrected chi connectivity index (χ0v) is 7.74. The van der Waals surface area contributed by atoms with E-state index in [1.807, 2.05) is 0 Å². The van der Waals surface area contributed by atoms with Gasteiger partial charge in [0.2, 0.25) is 0 Å². The van der Waals surface area contributed by atoms with Crippen LogP contribution in [0.4, 0.5) is 0 Å². The number of rotatable bonds is 6. The summed E-state index contributed by atoms with van der Waals surface area (Å²) < 4.78 is 0. The summed E-state index contributed by atoms with van der Waals surface area (Å²) in [6, 6.07) is 0. The van der Waals surface area contributed by atoms with E-state index in [-0.39, 0.29) is 24.3 Å². The zero-order chi connectivity index (χ0) is 10.5. The summed E-state index contributed by atoms with van der Waals surface area (Å²) in [6.07, 6.45) is -0.486. The first kappa shape index (κ1) is 13.1. The van der Waals surface area contributed by atoms with Crippen molar-refractivity contribution in [2.24, 2.45) is 0 Å². The molecule has 0 spiro atoms. The summed E-state index contributed by atoms with van der Waals surface area (Å²) in [7, 11) is 0. The molecule has 80 valence electrons. The Bertz CT molecular complexity index is 121. The van der Waals surface area contributed by atoms with Crippen molar-refractivity contribution < 1.29 is 30.6 Å². The summed E-state index contributed by atoms with van der Waals surface area (Å²) in [6.45, 7) is 0. The van der Waals surface area contributed by atoms with Crippen LogP contribution < -0.4 is 0 Å². The Morgan fingerprint density at radius 1 is 0.692 bits per heavy atom. The average Bonchev–Trinajstić information content (AvgIpc) is 1.81. The lowest BCUT2D eigenvalue weighted by atomic mass is 10.4. The Morgan fingerprint density at radius 2 is 1.00 bits per heavy atom. The predicted molar refractivity (Wildman–Crippen MR) is 45.3 cm³/mol. The van der Waals surface area contributed by atoms with Crippen LogP contribution in [0.5, 0.6) is 0 Å². The molecule has 13 heavy (non-hydrogen) atoms. The lowest BCUT2D eigenvalue weighted by molar-refractivity contribution is -0.311. The second-order valence-corrected chi connectivity index (χ2v) is 3.89. The van der Waals surface area contributed by atoms with Gasteiger partial charge in [-0.15, -0.1) is 0 Å². The van der Waals surface area contributed by atoms with Crippen molar-refractivity contribution in [3.8, 4) is 0 Å². The predicted octanol–water partition coefficient (Wildman–Crippen LogP) is -2.24. The monoisotopic (exact) mass is 214 g/mol. The highest BCUT2D eigenvalue weighted by atomic mass is 32.2. The van der Waals surface area contributed by atoms with E-state index in [1.54, 1.807) is 0 Å². The summed E-state index contributed by atoms with van der Waals surface area (Å²) >= 11 is 1.15. The van der Waals surface area contributed by atoms with E-state index >= 15 is 0 Å².